The molecule has 0 bridgehead atoms. The highest BCUT2D eigenvalue weighted by atomic mass is 19.1. The highest BCUT2D eigenvalue weighted by Gasteiger charge is 2.27. The predicted molar refractivity (Wildman–Crippen MR) is 163 cm³/mol. The molecule has 0 unspecified atom stereocenters. The van der Waals surface area contributed by atoms with Gasteiger partial charge < -0.3 is 14.7 Å². The normalized spacial score (nSPS) is 14.0. The van der Waals surface area contributed by atoms with Gasteiger partial charge in [-0.2, -0.15) is 0 Å². The summed E-state index contributed by atoms with van der Waals surface area (Å²) in [7, 11) is 0. The summed E-state index contributed by atoms with van der Waals surface area (Å²) in [6, 6.07) is 28.1. The first-order valence-electron chi connectivity index (χ1n) is 14.5. The first kappa shape index (κ1) is 28.9. The van der Waals surface area contributed by atoms with Gasteiger partial charge in [0.25, 0.3) is 5.91 Å². The van der Waals surface area contributed by atoms with Gasteiger partial charge in [0.15, 0.2) is 5.82 Å². The molecule has 1 saturated heterocycles. The Morgan fingerprint density at radius 2 is 1.52 bits per heavy atom. The first-order valence-corrected chi connectivity index (χ1v) is 14.5. The lowest BCUT2D eigenvalue weighted by molar-refractivity contribution is -0.132. The molecule has 2 amide bonds. The summed E-state index contributed by atoms with van der Waals surface area (Å²) in [5.74, 6) is 0.0840. The van der Waals surface area contributed by atoms with Crippen LogP contribution in [0.5, 0.6) is 0 Å². The molecule has 0 N–H and O–H groups in total. The minimum absolute atomic E-state index is 0.0305. The van der Waals surface area contributed by atoms with Crippen molar-refractivity contribution in [3.05, 3.63) is 102 Å². The number of amides is 2. The fourth-order valence-electron chi connectivity index (χ4n) is 5.09. The van der Waals surface area contributed by atoms with Crippen molar-refractivity contribution in [3.8, 4) is 22.4 Å². The van der Waals surface area contributed by atoms with Crippen LogP contribution in [0, 0.1) is 11.7 Å². The van der Waals surface area contributed by atoms with Crippen LogP contribution in [0.25, 0.3) is 22.4 Å². The maximum atomic E-state index is 13.8. The van der Waals surface area contributed by atoms with Gasteiger partial charge in [0, 0.05) is 43.9 Å². The van der Waals surface area contributed by atoms with E-state index in [0.29, 0.717) is 32.7 Å². The largest absolute Gasteiger partial charge is 0.352 e. The summed E-state index contributed by atoms with van der Waals surface area (Å²) in [5, 5.41) is 8.94. The number of halogens is 1. The lowest BCUT2D eigenvalue weighted by Crippen LogP contribution is -2.52. The zero-order valence-corrected chi connectivity index (χ0v) is 24.1. The van der Waals surface area contributed by atoms with Crippen LogP contribution in [0.2, 0.25) is 0 Å². The average molecular weight is 566 g/mol. The molecule has 3 aromatic carbocycles. The predicted octanol–water partition coefficient (Wildman–Crippen LogP) is 5.79. The van der Waals surface area contributed by atoms with Crippen LogP contribution in [0.15, 0.2) is 91.0 Å². The van der Waals surface area contributed by atoms with Crippen LogP contribution in [0.3, 0.4) is 0 Å². The van der Waals surface area contributed by atoms with Crippen LogP contribution < -0.4 is 4.90 Å². The Morgan fingerprint density at radius 3 is 2.17 bits per heavy atom. The molecule has 0 saturated carbocycles. The minimum Gasteiger partial charge on any atom is -0.352 e. The van der Waals surface area contributed by atoms with Crippen LogP contribution in [-0.4, -0.2) is 71.1 Å². The Morgan fingerprint density at radius 1 is 0.833 bits per heavy atom. The maximum absolute atomic E-state index is 13.8. The van der Waals surface area contributed by atoms with E-state index in [1.807, 2.05) is 44.2 Å². The number of hydrogen-bond acceptors (Lipinski definition) is 5. The van der Waals surface area contributed by atoms with Gasteiger partial charge >= 0.3 is 0 Å². The molecular formula is C34H36FN5O2. The average Bonchev–Trinajstić information content (AvgIpc) is 3.04. The molecule has 1 aliphatic rings. The summed E-state index contributed by atoms with van der Waals surface area (Å²) in [4.78, 5) is 31.9. The number of benzene rings is 3. The molecule has 1 aliphatic heterocycles. The monoisotopic (exact) mass is 565 g/mol. The van der Waals surface area contributed by atoms with E-state index in [1.165, 1.54) is 23.8 Å². The second-order valence-electron chi connectivity index (χ2n) is 10.8. The van der Waals surface area contributed by atoms with Crippen molar-refractivity contribution in [2.45, 2.75) is 20.3 Å². The van der Waals surface area contributed by atoms with E-state index < -0.39 is 5.82 Å². The van der Waals surface area contributed by atoms with Crippen LogP contribution in [-0.2, 0) is 4.79 Å². The topological polar surface area (TPSA) is 69.6 Å². The Hall–Kier alpha value is -4.59. The van der Waals surface area contributed by atoms with Crippen molar-refractivity contribution in [2.24, 2.45) is 5.92 Å². The number of carbonyl (C=O) groups excluding carboxylic acids is 2. The standard InChI is InChI=1S/C34H36FN5O2/c1-3-25(2)23-40(34(42)29-10-7-11-30(35)22-29)24-33(41)39-20-18-38(19-21-39)32-17-16-31(36-37-32)28-14-12-27(13-15-28)26-8-5-4-6-9-26/h4-17,22,25H,3,18-21,23-24H2,1-2H3/t25-/m0/s1. The van der Waals surface area contributed by atoms with Gasteiger partial charge in [-0.1, -0.05) is 80.9 Å². The number of piperazine rings is 1. The first-order chi connectivity index (χ1) is 20.4. The lowest BCUT2D eigenvalue weighted by Gasteiger charge is -2.36. The fraction of sp³-hybridized carbons (Fsp3) is 0.294. The van der Waals surface area contributed by atoms with Crippen LogP contribution >= 0.6 is 0 Å². The number of nitrogens with zero attached hydrogens (tertiary/aromatic N) is 5. The molecule has 1 fully saturated rings. The highest BCUT2D eigenvalue weighted by molar-refractivity contribution is 5.96. The van der Waals surface area contributed by atoms with E-state index in [9.17, 15) is 14.0 Å². The SMILES string of the molecule is CC[C@H](C)CN(CC(=O)N1CCN(c2ccc(-c3ccc(-c4ccccc4)cc3)nn2)CC1)C(=O)c1cccc(F)c1. The van der Waals surface area contributed by atoms with Gasteiger partial charge in [-0.05, 0) is 47.4 Å². The van der Waals surface area contributed by atoms with Gasteiger partial charge in [0.05, 0.1) is 5.69 Å². The van der Waals surface area contributed by atoms with E-state index in [0.717, 1.165) is 29.1 Å². The Kier molecular flexibility index (Phi) is 9.21. The summed E-state index contributed by atoms with van der Waals surface area (Å²) in [5.41, 5.74) is 4.38. The van der Waals surface area contributed by atoms with Crippen molar-refractivity contribution < 1.29 is 14.0 Å². The molecule has 8 heteroatoms. The zero-order chi connectivity index (χ0) is 29.5. The third-order valence-electron chi connectivity index (χ3n) is 7.81. The summed E-state index contributed by atoms with van der Waals surface area (Å²) in [6.07, 6.45) is 0.874. The third kappa shape index (κ3) is 7.00. The quantitative estimate of drug-likeness (QED) is 0.257. The molecule has 4 aromatic rings. The van der Waals surface area contributed by atoms with E-state index in [1.54, 1.807) is 15.9 Å². The Labute approximate surface area is 246 Å². The molecule has 2 heterocycles. The van der Waals surface area contributed by atoms with Gasteiger partial charge in [0.2, 0.25) is 5.91 Å². The summed E-state index contributed by atoms with van der Waals surface area (Å²) >= 11 is 0. The molecule has 42 heavy (non-hydrogen) atoms. The molecule has 0 aliphatic carbocycles. The van der Waals surface area contributed by atoms with Crippen LogP contribution in [0.1, 0.15) is 30.6 Å². The van der Waals surface area contributed by atoms with E-state index in [2.05, 4.69) is 51.5 Å². The van der Waals surface area contributed by atoms with Crippen molar-refractivity contribution in [3.63, 3.8) is 0 Å². The smallest absolute Gasteiger partial charge is 0.254 e. The number of aromatic nitrogens is 2. The third-order valence-corrected chi connectivity index (χ3v) is 7.81. The second-order valence-corrected chi connectivity index (χ2v) is 10.8. The molecule has 0 radical (unpaired) electrons. The van der Waals surface area contributed by atoms with E-state index in [-0.39, 0.29) is 29.8 Å². The van der Waals surface area contributed by atoms with Gasteiger partial charge in [-0.3, -0.25) is 9.59 Å². The molecule has 216 valence electrons. The van der Waals surface area contributed by atoms with Crippen molar-refractivity contribution in [1.82, 2.24) is 20.0 Å². The number of anilines is 1. The fourth-order valence-corrected chi connectivity index (χ4v) is 5.09. The molecule has 1 aromatic heterocycles. The highest BCUT2D eigenvalue weighted by Crippen LogP contribution is 2.24. The molecular weight excluding hydrogens is 529 g/mol. The summed E-state index contributed by atoms with van der Waals surface area (Å²) < 4.78 is 13.8. The Balaban J connectivity index is 1.18. The van der Waals surface area contributed by atoms with E-state index in [4.69, 9.17) is 0 Å². The molecule has 0 spiro atoms. The summed E-state index contributed by atoms with van der Waals surface area (Å²) in [6.45, 7) is 6.78. The van der Waals surface area contributed by atoms with Crippen molar-refractivity contribution in [2.75, 3.05) is 44.2 Å². The number of hydrogen-bond donors (Lipinski definition) is 0. The van der Waals surface area contributed by atoms with Gasteiger partial charge in [0.1, 0.15) is 12.4 Å². The van der Waals surface area contributed by atoms with Crippen molar-refractivity contribution >= 4 is 17.6 Å². The molecule has 5 rings (SSSR count). The molecule has 1 atom stereocenters. The second kappa shape index (κ2) is 13.4. The Bertz CT molecular complexity index is 1490. The van der Waals surface area contributed by atoms with E-state index >= 15 is 0 Å². The number of carbonyl (C=O) groups is 2. The minimum atomic E-state index is -0.469. The zero-order valence-electron chi connectivity index (χ0n) is 24.1. The van der Waals surface area contributed by atoms with Crippen molar-refractivity contribution in [1.29, 1.82) is 0 Å². The lowest BCUT2D eigenvalue weighted by atomic mass is 10.0. The molecule has 7 nitrogen and oxygen atoms in total. The number of rotatable bonds is 9. The maximum Gasteiger partial charge on any atom is 0.254 e. The van der Waals surface area contributed by atoms with Gasteiger partial charge in [-0.15, -0.1) is 10.2 Å². The van der Waals surface area contributed by atoms with Crippen LogP contribution in [0.4, 0.5) is 10.2 Å². The van der Waals surface area contributed by atoms with Gasteiger partial charge in [-0.25, -0.2) is 4.39 Å².